The molecule has 5 rings (SSSR count). The number of rotatable bonds is 9. The average molecular weight is 508 g/mol. The van der Waals surface area contributed by atoms with Crippen molar-refractivity contribution in [3.05, 3.63) is 131 Å². The molecule has 1 saturated heterocycles. The molecule has 2 heterocycles. The van der Waals surface area contributed by atoms with E-state index in [1.165, 1.54) is 48.5 Å². The summed E-state index contributed by atoms with van der Waals surface area (Å²) in [5, 5.41) is 11.9. The van der Waals surface area contributed by atoms with E-state index >= 15 is 0 Å². The molecule has 1 aliphatic heterocycles. The summed E-state index contributed by atoms with van der Waals surface area (Å²) in [5.74, 6) is -0.670. The molecule has 4 nitrogen and oxygen atoms in total. The van der Waals surface area contributed by atoms with Gasteiger partial charge in [0.2, 0.25) is 0 Å². The lowest BCUT2D eigenvalue weighted by molar-refractivity contribution is 0.0629. The van der Waals surface area contributed by atoms with Crippen molar-refractivity contribution in [1.29, 1.82) is 0 Å². The molecule has 0 aliphatic carbocycles. The van der Waals surface area contributed by atoms with Gasteiger partial charge in [-0.1, -0.05) is 36.4 Å². The van der Waals surface area contributed by atoms with E-state index in [2.05, 4.69) is 4.90 Å². The van der Waals surface area contributed by atoms with E-state index < -0.39 is 17.2 Å². The molecular formula is C30H28F3NO3. The first-order valence-corrected chi connectivity index (χ1v) is 12.3. The first-order chi connectivity index (χ1) is 17.9. The van der Waals surface area contributed by atoms with Gasteiger partial charge in [0.25, 0.3) is 0 Å². The summed E-state index contributed by atoms with van der Waals surface area (Å²) in [6, 6.07) is 20.9. The number of aliphatic hydroxyl groups is 1. The topological polar surface area (TPSA) is 45.8 Å². The van der Waals surface area contributed by atoms with Crippen LogP contribution in [0.5, 0.6) is 0 Å². The molecule has 1 fully saturated rings. The third-order valence-electron chi connectivity index (χ3n) is 6.66. The molecule has 0 spiro atoms. The van der Waals surface area contributed by atoms with E-state index in [0.717, 1.165) is 25.0 Å². The van der Waals surface area contributed by atoms with Gasteiger partial charge in [-0.3, -0.25) is 4.90 Å². The third-order valence-corrected chi connectivity index (χ3v) is 6.66. The highest BCUT2D eigenvalue weighted by atomic mass is 19.1. The van der Waals surface area contributed by atoms with Crippen LogP contribution in [0, 0.1) is 17.5 Å². The van der Waals surface area contributed by atoms with Gasteiger partial charge in [-0.2, -0.15) is 0 Å². The fraction of sp³-hybridized carbons (Fsp3) is 0.267. The lowest BCUT2D eigenvalue weighted by atomic mass is 9.84. The second kappa shape index (κ2) is 10.9. The molecule has 37 heavy (non-hydrogen) atoms. The Labute approximate surface area is 213 Å². The molecule has 1 aromatic heterocycles. The van der Waals surface area contributed by atoms with E-state index in [-0.39, 0.29) is 28.8 Å². The van der Waals surface area contributed by atoms with Gasteiger partial charge in [0.1, 0.15) is 29.0 Å². The van der Waals surface area contributed by atoms with Crippen molar-refractivity contribution in [3.8, 4) is 0 Å². The second-order valence-corrected chi connectivity index (χ2v) is 9.43. The Balaban J connectivity index is 1.46. The zero-order valence-corrected chi connectivity index (χ0v) is 20.2. The molecule has 1 N–H and O–H groups in total. The molecule has 1 unspecified atom stereocenters. The fourth-order valence-corrected chi connectivity index (χ4v) is 4.91. The van der Waals surface area contributed by atoms with Gasteiger partial charge in [0.05, 0.1) is 12.6 Å². The molecule has 1 aliphatic rings. The Morgan fingerprint density at radius 1 is 0.811 bits per heavy atom. The van der Waals surface area contributed by atoms with Crippen molar-refractivity contribution in [2.24, 2.45) is 0 Å². The Morgan fingerprint density at radius 3 is 2.05 bits per heavy atom. The summed E-state index contributed by atoms with van der Waals surface area (Å²) >= 11 is 0. The van der Waals surface area contributed by atoms with Crippen molar-refractivity contribution < 1.29 is 27.4 Å². The summed E-state index contributed by atoms with van der Waals surface area (Å²) in [5.41, 5.74) is -0.657. The van der Waals surface area contributed by atoms with Crippen LogP contribution in [0.25, 0.3) is 0 Å². The summed E-state index contributed by atoms with van der Waals surface area (Å²) in [6.07, 6.45) is 2.01. The van der Waals surface area contributed by atoms with Crippen molar-refractivity contribution in [3.63, 3.8) is 0 Å². The quantitative estimate of drug-likeness (QED) is 0.295. The van der Waals surface area contributed by atoms with E-state index in [1.54, 1.807) is 30.3 Å². The molecule has 0 bridgehead atoms. The van der Waals surface area contributed by atoms with Crippen molar-refractivity contribution in [2.75, 3.05) is 13.2 Å². The van der Waals surface area contributed by atoms with E-state index in [9.17, 15) is 18.3 Å². The summed E-state index contributed by atoms with van der Waals surface area (Å²) in [4.78, 5) is 2.11. The predicted octanol–water partition coefficient (Wildman–Crippen LogP) is 6.16. The molecule has 3 aromatic carbocycles. The van der Waals surface area contributed by atoms with Crippen LogP contribution in [-0.2, 0) is 23.4 Å². The highest BCUT2D eigenvalue weighted by molar-refractivity contribution is 5.44. The lowest BCUT2D eigenvalue weighted by Gasteiger charge is -2.28. The van der Waals surface area contributed by atoms with E-state index in [4.69, 9.17) is 9.15 Å². The van der Waals surface area contributed by atoms with Gasteiger partial charge < -0.3 is 14.3 Å². The predicted molar refractivity (Wildman–Crippen MR) is 133 cm³/mol. The number of furan rings is 1. The molecule has 0 radical (unpaired) electrons. The number of benzene rings is 3. The van der Waals surface area contributed by atoms with Crippen molar-refractivity contribution in [1.82, 2.24) is 4.90 Å². The Morgan fingerprint density at radius 2 is 1.46 bits per heavy atom. The lowest BCUT2D eigenvalue weighted by Crippen LogP contribution is -2.31. The number of hydrogen-bond acceptors (Lipinski definition) is 4. The van der Waals surface area contributed by atoms with E-state index in [0.29, 0.717) is 25.4 Å². The standard InChI is InChI=1S/C30H28F3NO3/c31-24-8-1-5-21(15-24)18-34(19-27-11-4-14-36-27)20-28-12-13-29(37-28)30(35,22-6-2-9-25(32)16-22)23-7-3-10-26(33)17-23/h1-3,5-10,12-13,15-17,27,35H,4,11,14,18-20H2. The van der Waals surface area contributed by atoms with Gasteiger partial charge >= 0.3 is 0 Å². The van der Waals surface area contributed by atoms with Crippen molar-refractivity contribution >= 4 is 0 Å². The summed E-state index contributed by atoms with van der Waals surface area (Å²) in [6.45, 7) is 2.20. The van der Waals surface area contributed by atoms with Crippen LogP contribution in [0.3, 0.4) is 0 Å². The fourth-order valence-electron chi connectivity index (χ4n) is 4.91. The van der Waals surface area contributed by atoms with Gasteiger partial charge in [-0.25, -0.2) is 13.2 Å². The molecule has 4 aromatic rings. The minimum absolute atomic E-state index is 0.0690. The highest BCUT2D eigenvalue weighted by Crippen LogP contribution is 2.38. The zero-order valence-electron chi connectivity index (χ0n) is 20.2. The normalized spacial score (nSPS) is 16.0. The van der Waals surface area contributed by atoms with Gasteiger partial charge in [-0.15, -0.1) is 0 Å². The molecule has 192 valence electrons. The third kappa shape index (κ3) is 5.80. The first kappa shape index (κ1) is 25.3. The van der Waals surface area contributed by atoms with E-state index in [1.807, 2.05) is 6.07 Å². The maximum Gasteiger partial charge on any atom is 0.173 e. The highest BCUT2D eigenvalue weighted by Gasteiger charge is 2.38. The number of halogens is 3. The molecule has 0 saturated carbocycles. The Bertz CT molecular complexity index is 1300. The Hall–Kier alpha value is -3.39. The molecule has 7 heteroatoms. The van der Waals surface area contributed by atoms with Crippen LogP contribution in [0.15, 0.2) is 89.3 Å². The Kier molecular flexibility index (Phi) is 7.46. The van der Waals surface area contributed by atoms with Gasteiger partial charge in [-0.05, 0) is 78.1 Å². The molecule has 0 amide bonds. The average Bonchev–Trinajstić information content (AvgIpc) is 3.56. The zero-order chi connectivity index (χ0) is 25.8. The SMILES string of the molecule is OC(c1cccc(F)c1)(c1cccc(F)c1)c1ccc(CN(Cc2cccc(F)c2)CC2CCCO2)o1. The maximum atomic E-state index is 14.2. The summed E-state index contributed by atoms with van der Waals surface area (Å²) < 4.78 is 54.1. The van der Waals surface area contributed by atoms with Crippen LogP contribution < -0.4 is 0 Å². The van der Waals surface area contributed by atoms with Gasteiger partial charge in [0, 0.05) is 19.7 Å². The minimum atomic E-state index is -1.91. The largest absolute Gasteiger partial charge is 0.461 e. The monoisotopic (exact) mass is 507 g/mol. The second-order valence-electron chi connectivity index (χ2n) is 9.43. The van der Waals surface area contributed by atoms with Crippen molar-refractivity contribution in [2.45, 2.75) is 37.6 Å². The van der Waals surface area contributed by atoms with Crippen LogP contribution in [0.4, 0.5) is 13.2 Å². The van der Waals surface area contributed by atoms with Crippen LogP contribution in [0.2, 0.25) is 0 Å². The number of ether oxygens (including phenoxy) is 1. The maximum absolute atomic E-state index is 14.2. The minimum Gasteiger partial charge on any atom is -0.461 e. The van der Waals surface area contributed by atoms with Crippen LogP contribution >= 0.6 is 0 Å². The number of nitrogens with zero attached hydrogens (tertiary/aromatic N) is 1. The smallest absolute Gasteiger partial charge is 0.173 e. The molecule has 1 atom stereocenters. The number of hydrogen-bond donors (Lipinski definition) is 1. The van der Waals surface area contributed by atoms with Gasteiger partial charge in [0.15, 0.2) is 5.60 Å². The first-order valence-electron chi connectivity index (χ1n) is 12.3. The summed E-state index contributed by atoms with van der Waals surface area (Å²) in [7, 11) is 0. The van der Waals surface area contributed by atoms with Crippen LogP contribution in [-0.4, -0.2) is 29.3 Å². The van der Waals surface area contributed by atoms with Crippen LogP contribution in [0.1, 0.15) is 41.1 Å². The molecular weight excluding hydrogens is 479 g/mol.